The molecule has 0 atom stereocenters. The van der Waals surface area contributed by atoms with Crippen LogP contribution in [0.5, 0.6) is 0 Å². The molecule has 0 bridgehead atoms. The monoisotopic (exact) mass is 391 g/mol. The van der Waals surface area contributed by atoms with Gasteiger partial charge in [0.25, 0.3) is 0 Å². The molecule has 1 aromatic heterocycles. The quantitative estimate of drug-likeness (QED) is 0.237. The number of imide groups is 1. The van der Waals surface area contributed by atoms with Crippen LogP contribution in [-0.4, -0.2) is 51.2 Å². The lowest BCUT2D eigenvalue weighted by molar-refractivity contribution is -0.139. The third-order valence-electron chi connectivity index (χ3n) is 4.12. The van der Waals surface area contributed by atoms with Crippen molar-refractivity contribution in [2.24, 2.45) is 4.99 Å². The number of nitrogens with zero attached hydrogens (tertiary/aromatic N) is 4. The van der Waals surface area contributed by atoms with Crippen molar-refractivity contribution in [2.75, 3.05) is 13.2 Å². The van der Waals surface area contributed by atoms with Gasteiger partial charge in [-0.15, -0.1) is 0 Å². The summed E-state index contributed by atoms with van der Waals surface area (Å²) in [5, 5.41) is 16.8. The number of benzene rings is 1. The smallest absolute Gasteiger partial charge is 0.229 e. The number of hydroxylamine groups is 1. The van der Waals surface area contributed by atoms with E-state index in [0.717, 1.165) is 4.90 Å². The lowest BCUT2D eigenvalue weighted by Gasteiger charge is -2.13. The molecule has 0 radical (unpaired) electrons. The molecule has 2 amide bonds. The average molecular weight is 391 g/mol. The Balaban J connectivity index is 1.64. The summed E-state index contributed by atoms with van der Waals surface area (Å²) < 4.78 is 23.5. The van der Waals surface area contributed by atoms with Crippen molar-refractivity contribution in [1.29, 1.82) is 0 Å². The summed E-state index contributed by atoms with van der Waals surface area (Å²) in [7, 11) is 0. The molecule has 0 unspecified atom stereocenters. The zero-order chi connectivity index (χ0) is 20.1. The summed E-state index contributed by atoms with van der Waals surface area (Å²) in [6.07, 6.45) is 0.447. The first-order chi connectivity index (χ1) is 13.5. The van der Waals surface area contributed by atoms with E-state index in [1.165, 1.54) is 18.2 Å². The molecule has 11 heteroatoms. The predicted molar refractivity (Wildman–Crippen MR) is 92.2 cm³/mol. The summed E-state index contributed by atoms with van der Waals surface area (Å²) in [6.45, 7) is 1.80. The third-order valence-corrected chi connectivity index (χ3v) is 4.12. The standard InChI is InChI=1S/C17H18FN5O5/c1-10-8-11(2-3-12(10)18)19-17(20-26)16-13(21-28-22-16)9-27-7-6-23-14(24)4-5-15(23)25/h2-3,8,26H,4-7,9H2,1H3,(H,19,20). The Hall–Kier alpha value is -3.18. The van der Waals surface area contributed by atoms with Gasteiger partial charge in [-0.2, -0.15) is 0 Å². The maximum absolute atomic E-state index is 13.4. The maximum Gasteiger partial charge on any atom is 0.229 e. The molecule has 1 aromatic carbocycles. The molecular formula is C17H18FN5O5. The third kappa shape index (κ3) is 4.38. The number of hydrogen-bond donors (Lipinski definition) is 2. The summed E-state index contributed by atoms with van der Waals surface area (Å²) in [5.41, 5.74) is 3.05. The number of aromatic nitrogens is 2. The van der Waals surface area contributed by atoms with Crippen LogP contribution in [0.25, 0.3) is 0 Å². The Morgan fingerprint density at radius 3 is 2.79 bits per heavy atom. The maximum atomic E-state index is 13.4. The summed E-state index contributed by atoms with van der Waals surface area (Å²) in [4.78, 5) is 28.4. The molecule has 2 heterocycles. The Kier molecular flexibility index (Phi) is 6.06. The number of amidine groups is 1. The number of likely N-dealkylation sites (tertiary alicyclic amines) is 1. The molecule has 2 aromatic rings. The van der Waals surface area contributed by atoms with Crippen LogP contribution in [0, 0.1) is 12.7 Å². The molecule has 2 N–H and O–H groups in total. The molecule has 0 aliphatic carbocycles. The molecule has 1 aliphatic rings. The highest BCUT2D eigenvalue weighted by molar-refractivity contribution is 6.01. The first-order valence-corrected chi connectivity index (χ1v) is 8.47. The van der Waals surface area contributed by atoms with Crippen LogP contribution < -0.4 is 5.48 Å². The van der Waals surface area contributed by atoms with E-state index in [9.17, 15) is 19.2 Å². The van der Waals surface area contributed by atoms with Gasteiger partial charge in [-0.1, -0.05) is 5.16 Å². The van der Waals surface area contributed by atoms with Crippen molar-refractivity contribution >= 4 is 23.3 Å². The van der Waals surface area contributed by atoms with Crippen molar-refractivity contribution in [2.45, 2.75) is 26.4 Å². The number of nitrogens with one attached hydrogen (secondary N) is 1. The molecular weight excluding hydrogens is 373 g/mol. The minimum atomic E-state index is -0.371. The van der Waals surface area contributed by atoms with Crippen LogP contribution in [0.4, 0.5) is 10.1 Å². The van der Waals surface area contributed by atoms with E-state index in [-0.39, 0.29) is 67.5 Å². The van der Waals surface area contributed by atoms with Gasteiger partial charge in [0.2, 0.25) is 11.8 Å². The molecule has 0 spiro atoms. The van der Waals surface area contributed by atoms with Crippen LogP contribution in [0.3, 0.4) is 0 Å². The van der Waals surface area contributed by atoms with Gasteiger partial charge in [0.15, 0.2) is 11.5 Å². The Labute approximate surface area is 158 Å². The Bertz CT molecular complexity index is 897. The summed E-state index contributed by atoms with van der Waals surface area (Å²) in [6, 6.07) is 4.20. The van der Waals surface area contributed by atoms with Gasteiger partial charge in [-0.3, -0.25) is 25.2 Å². The van der Waals surface area contributed by atoms with Gasteiger partial charge < -0.3 is 4.74 Å². The van der Waals surface area contributed by atoms with Crippen molar-refractivity contribution in [1.82, 2.24) is 20.7 Å². The van der Waals surface area contributed by atoms with Crippen LogP contribution in [-0.2, 0) is 20.9 Å². The predicted octanol–water partition coefficient (Wildman–Crippen LogP) is 1.24. The fraction of sp³-hybridized carbons (Fsp3) is 0.353. The van der Waals surface area contributed by atoms with Gasteiger partial charge in [-0.25, -0.2) is 14.0 Å². The number of halogens is 1. The van der Waals surface area contributed by atoms with Gasteiger partial charge in [0, 0.05) is 12.8 Å². The highest BCUT2D eigenvalue weighted by Gasteiger charge is 2.28. The highest BCUT2D eigenvalue weighted by atomic mass is 19.1. The van der Waals surface area contributed by atoms with Crippen LogP contribution in [0.2, 0.25) is 0 Å². The Morgan fingerprint density at radius 1 is 1.36 bits per heavy atom. The van der Waals surface area contributed by atoms with Gasteiger partial charge in [-0.05, 0) is 35.8 Å². The van der Waals surface area contributed by atoms with Crippen molar-refractivity contribution in [3.05, 3.63) is 41.0 Å². The van der Waals surface area contributed by atoms with Gasteiger partial charge >= 0.3 is 0 Å². The summed E-state index contributed by atoms with van der Waals surface area (Å²) >= 11 is 0. The second kappa shape index (κ2) is 8.67. The molecule has 3 rings (SSSR count). The number of amides is 2. The van der Waals surface area contributed by atoms with E-state index in [1.54, 1.807) is 6.92 Å². The van der Waals surface area contributed by atoms with Crippen molar-refractivity contribution in [3.8, 4) is 0 Å². The first kappa shape index (κ1) is 19.6. The summed E-state index contributed by atoms with van der Waals surface area (Å²) in [5.74, 6) is -0.864. The SMILES string of the molecule is Cc1cc(N=C(NO)c2nonc2COCCN2C(=O)CCC2=O)ccc1F. The van der Waals surface area contributed by atoms with Crippen LogP contribution >= 0.6 is 0 Å². The molecule has 1 aliphatic heterocycles. The van der Waals surface area contributed by atoms with Crippen LogP contribution in [0.1, 0.15) is 29.8 Å². The van der Waals surface area contributed by atoms with Crippen LogP contribution in [0.15, 0.2) is 27.8 Å². The van der Waals surface area contributed by atoms with Crippen molar-refractivity contribution in [3.63, 3.8) is 0 Å². The lowest BCUT2D eigenvalue weighted by atomic mass is 10.2. The zero-order valence-corrected chi connectivity index (χ0v) is 15.0. The molecule has 0 saturated carbocycles. The minimum absolute atomic E-state index is 0.0435. The normalized spacial score (nSPS) is 14.8. The first-order valence-electron chi connectivity index (χ1n) is 8.47. The van der Waals surface area contributed by atoms with Gasteiger partial charge in [0.1, 0.15) is 11.5 Å². The second-order valence-corrected chi connectivity index (χ2v) is 6.06. The fourth-order valence-corrected chi connectivity index (χ4v) is 2.64. The number of carbonyl (C=O) groups excluding carboxylic acids is 2. The topological polar surface area (TPSA) is 130 Å². The Morgan fingerprint density at radius 2 is 2.11 bits per heavy atom. The molecule has 10 nitrogen and oxygen atoms in total. The number of rotatable bonds is 7. The number of aryl methyl sites for hydroxylation is 1. The lowest BCUT2D eigenvalue weighted by Crippen LogP contribution is -2.32. The molecule has 1 fully saturated rings. The molecule has 1 saturated heterocycles. The zero-order valence-electron chi connectivity index (χ0n) is 15.0. The van der Waals surface area contributed by atoms with Crippen molar-refractivity contribution < 1.29 is 28.6 Å². The number of aliphatic imine (C=N–C) groups is 1. The van der Waals surface area contributed by atoms with E-state index in [2.05, 4.69) is 19.9 Å². The van der Waals surface area contributed by atoms with E-state index in [1.807, 2.05) is 5.48 Å². The minimum Gasteiger partial charge on any atom is -0.373 e. The fourth-order valence-electron chi connectivity index (χ4n) is 2.64. The highest BCUT2D eigenvalue weighted by Crippen LogP contribution is 2.18. The molecule has 148 valence electrons. The molecule has 28 heavy (non-hydrogen) atoms. The largest absolute Gasteiger partial charge is 0.373 e. The van der Waals surface area contributed by atoms with Gasteiger partial charge in [0.05, 0.1) is 25.4 Å². The van der Waals surface area contributed by atoms with E-state index in [0.29, 0.717) is 11.3 Å². The number of carbonyl (C=O) groups is 2. The van der Waals surface area contributed by atoms with E-state index >= 15 is 0 Å². The number of hydrogen-bond acceptors (Lipinski definition) is 8. The van der Waals surface area contributed by atoms with E-state index in [4.69, 9.17) is 4.74 Å². The second-order valence-electron chi connectivity index (χ2n) is 6.06. The number of ether oxygens (including phenoxy) is 1. The van der Waals surface area contributed by atoms with E-state index < -0.39 is 0 Å². The average Bonchev–Trinajstić information content (AvgIpc) is 3.27.